The van der Waals surface area contributed by atoms with E-state index in [1.165, 1.54) is 19.5 Å². The summed E-state index contributed by atoms with van der Waals surface area (Å²) in [6.45, 7) is 10.3. The largest absolute Gasteiger partial charge is 0.357 e. The van der Waals surface area contributed by atoms with E-state index in [9.17, 15) is 4.79 Å². The zero-order valence-electron chi connectivity index (χ0n) is 19.0. The predicted molar refractivity (Wildman–Crippen MR) is 136 cm³/mol. The van der Waals surface area contributed by atoms with Crippen LogP contribution < -0.4 is 10.6 Å². The summed E-state index contributed by atoms with van der Waals surface area (Å²) >= 11 is 0. The Bertz CT molecular complexity index is 650. The van der Waals surface area contributed by atoms with Crippen LogP contribution in [0.15, 0.2) is 29.3 Å². The van der Waals surface area contributed by atoms with Crippen molar-refractivity contribution < 1.29 is 4.79 Å². The number of halogens is 1. The minimum Gasteiger partial charge on any atom is -0.357 e. The van der Waals surface area contributed by atoms with Gasteiger partial charge in [-0.05, 0) is 64.1 Å². The summed E-state index contributed by atoms with van der Waals surface area (Å²) in [6.07, 6.45) is 2.36. The van der Waals surface area contributed by atoms with Gasteiger partial charge in [0.2, 0.25) is 0 Å². The molecule has 0 radical (unpaired) electrons. The maximum absolute atomic E-state index is 12.0. The molecule has 1 fully saturated rings. The lowest BCUT2D eigenvalue weighted by Crippen LogP contribution is -2.39. The number of nitrogens with one attached hydrogen (secondary N) is 2. The van der Waals surface area contributed by atoms with Gasteiger partial charge < -0.3 is 25.3 Å². The molecule has 1 heterocycles. The molecule has 1 saturated heterocycles. The number of nitrogens with zero attached hydrogens (tertiary/aromatic N) is 4. The highest BCUT2D eigenvalue weighted by Crippen LogP contribution is 2.07. The van der Waals surface area contributed by atoms with Gasteiger partial charge in [-0.2, -0.15) is 0 Å². The fourth-order valence-electron chi connectivity index (χ4n) is 3.36. The van der Waals surface area contributed by atoms with Crippen molar-refractivity contribution in [3.05, 3.63) is 35.4 Å². The second-order valence-electron chi connectivity index (χ2n) is 7.87. The van der Waals surface area contributed by atoms with Crippen molar-refractivity contribution in [2.45, 2.75) is 26.3 Å². The minimum atomic E-state index is 0. The van der Waals surface area contributed by atoms with Crippen molar-refractivity contribution >= 4 is 35.8 Å². The van der Waals surface area contributed by atoms with Gasteiger partial charge in [-0.25, -0.2) is 4.99 Å². The number of guanidine groups is 1. The first-order chi connectivity index (χ1) is 14.0. The van der Waals surface area contributed by atoms with Crippen LogP contribution in [-0.4, -0.2) is 93.5 Å². The van der Waals surface area contributed by atoms with E-state index in [0.29, 0.717) is 12.1 Å². The van der Waals surface area contributed by atoms with E-state index in [-0.39, 0.29) is 29.9 Å². The van der Waals surface area contributed by atoms with E-state index in [1.54, 1.807) is 19.0 Å². The average Bonchev–Trinajstić information content (AvgIpc) is 2.93. The highest BCUT2D eigenvalue weighted by molar-refractivity contribution is 14.0. The Morgan fingerprint density at radius 1 is 1.10 bits per heavy atom. The highest BCUT2D eigenvalue weighted by Gasteiger charge is 2.11. The lowest BCUT2D eigenvalue weighted by Gasteiger charge is -2.20. The van der Waals surface area contributed by atoms with Crippen LogP contribution in [-0.2, 0) is 6.54 Å². The van der Waals surface area contributed by atoms with E-state index in [4.69, 9.17) is 0 Å². The summed E-state index contributed by atoms with van der Waals surface area (Å²) in [6, 6.07) is 7.68. The number of benzene rings is 1. The van der Waals surface area contributed by atoms with Crippen molar-refractivity contribution in [2.24, 2.45) is 4.99 Å². The maximum atomic E-state index is 12.0. The lowest BCUT2D eigenvalue weighted by atomic mass is 10.1. The Hall–Kier alpha value is -1.39. The van der Waals surface area contributed by atoms with Crippen molar-refractivity contribution in [1.29, 1.82) is 0 Å². The van der Waals surface area contributed by atoms with E-state index >= 15 is 0 Å². The SMILES string of the molecule is CCNC(=NCc1ccc(C(=O)N(C)C)cc1)NCCCN1CCCN(C)CC1.I. The molecule has 1 aliphatic heterocycles. The number of carbonyl (C=O) groups is 1. The van der Waals surface area contributed by atoms with Crippen LogP contribution in [0.1, 0.15) is 35.7 Å². The number of hydrogen-bond donors (Lipinski definition) is 2. The third kappa shape index (κ3) is 9.61. The average molecular weight is 530 g/mol. The number of hydrogen-bond acceptors (Lipinski definition) is 4. The number of aliphatic imine (C=N–C) groups is 1. The Morgan fingerprint density at radius 3 is 2.50 bits per heavy atom. The molecular formula is C22H39IN6O. The molecule has 1 aliphatic rings. The Balaban J connectivity index is 0.00000450. The van der Waals surface area contributed by atoms with Crippen LogP contribution in [0.3, 0.4) is 0 Å². The molecule has 0 saturated carbocycles. The van der Waals surface area contributed by atoms with Crippen LogP contribution in [0.2, 0.25) is 0 Å². The fourth-order valence-corrected chi connectivity index (χ4v) is 3.36. The molecule has 0 atom stereocenters. The van der Waals surface area contributed by atoms with Gasteiger partial charge in [-0.3, -0.25) is 4.79 Å². The van der Waals surface area contributed by atoms with E-state index in [2.05, 4.69) is 39.4 Å². The van der Waals surface area contributed by atoms with Crippen LogP contribution in [0.5, 0.6) is 0 Å². The highest BCUT2D eigenvalue weighted by atomic mass is 127. The van der Waals surface area contributed by atoms with Gasteiger partial charge in [0.25, 0.3) is 5.91 Å². The normalized spacial score (nSPS) is 15.8. The van der Waals surface area contributed by atoms with Gasteiger partial charge in [-0.15, -0.1) is 24.0 Å². The Labute approximate surface area is 199 Å². The van der Waals surface area contributed by atoms with Crippen LogP contribution in [0.25, 0.3) is 0 Å². The molecule has 1 amide bonds. The maximum Gasteiger partial charge on any atom is 0.253 e. The monoisotopic (exact) mass is 530 g/mol. The predicted octanol–water partition coefficient (Wildman–Crippen LogP) is 2.09. The zero-order valence-corrected chi connectivity index (χ0v) is 21.3. The summed E-state index contributed by atoms with van der Waals surface area (Å²) in [4.78, 5) is 23.2. The molecule has 0 aromatic heterocycles. The quantitative estimate of drug-likeness (QED) is 0.233. The first-order valence-electron chi connectivity index (χ1n) is 10.7. The first kappa shape index (κ1) is 26.6. The number of rotatable bonds is 8. The molecule has 2 rings (SSSR count). The summed E-state index contributed by atoms with van der Waals surface area (Å²) in [5.41, 5.74) is 1.79. The van der Waals surface area contributed by atoms with Crippen molar-refractivity contribution in [2.75, 3.05) is 67.0 Å². The second-order valence-corrected chi connectivity index (χ2v) is 7.87. The van der Waals surface area contributed by atoms with Crippen molar-refractivity contribution in [3.8, 4) is 0 Å². The summed E-state index contributed by atoms with van der Waals surface area (Å²) in [5.74, 6) is 0.864. The molecule has 8 heteroatoms. The van der Waals surface area contributed by atoms with Gasteiger partial charge in [-0.1, -0.05) is 12.1 Å². The van der Waals surface area contributed by atoms with E-state index in [1.807, 2.05) is 24.3 Å². The minimum absolute atomic E-state index is 0. The molecule has 0 bridgehead atoms. The zero-order chi connectivity index (χ0) is 21.1. The van der Waals surface area contributed by atoms with Crippen LogP contribution >= 0.6 is 24.0 Å². The summed E-state index contributed by atoms with van der Waals surface area (Å²) in [5, 5.41) is 6.75. The number of likely N-dealkylation sites (N-methyl/N-ethyl adjacent to an activating group) is 1. The molecule has 7 nitrogen and oxygen atoms in total. The third-order valence-electron chi connectivity index (χ3n) is 5.13. The molecule has 1 aromatic rings. The topological polar surface area (TPSA) is 63.2 Å². The molecule has 30 heavy (non-hydrogen) atoms. The van der Waals surface area contributed by atoms with Crippen LogP contribution in [0, 0.1) is 0 Å². The van der Waals surface area contributed by atoms with Gasteiger partial charge in [0, 0.05) is 45.8 Å². The van der Waals surface area contributed by atoms with E-state index in [0.717, 1.165) is 50.7 Å². The van der Waals surface area contributed by atoms with Gasteiger partial charge >= 0.3 is 0 Å². The van der Waals surface area contributed by atoms with Crippen molar-refractivity contribution in [3.63, 3.8) is 0 Å². The lowest BCUT2D eigenvalue weighted by molar-refractivity contribution is 0.0827. The summed E-state index contributed by atoms with van der Waals surface area (Å²) in [7, 11) is 5.73. The standard InChI is InChI=1S/C22H38N6O.HI/c1-5-23-22(24-12-6-14-28-15-7-13-27(4)16-17-28)25-18-19-8-10-20(11-9-19)21(29)26(2)3;/h8-11H,5-7,12-18H2,1-4H3,(H2,23,24,25);1H. The van der Waals surface area contributed by atoms with Gasteiger partial charge in [0.15, 0.2) is 5.96 Å². The van der Waals surface area contributed by atoms with Crippen molar-refractivity contribution in [1.82, 2.24) is 25.3 Å². The molecule has 2 N–H and O–H groups in total. The van der Waals surface area contributed by atoms with E-state index < -0.39 is 0 Å². The first-order valence-corrected chi connectivity index (χ1v) is 10.7. The van der Waals surface area contributed by atoms with Gasteiger partial charge in [0.05, 0.1) is 6.54 Å². The van der Waals surface area contributed by atoms with Gasteiger partial charge in [0.1, 0.15) is 0 Å². The molecular weight excluding hydrogens is 491 g/mol. The summed E-state index contributed by atoms with van der Waals surface area (Å²) < 4.78 is 0. The smallest absolute Gasteiger partial charge is 0.253 e. The third-order valence-corrected chi connectivity index (χ3v) is 5.13. The Morgan fingerprint density at radius 2 is 1.83 bits per heavy atom. The fraction of sp³-hybridized carbons (Fsp3) is 0.636. The molecule has 0 aliphatic carbocycles. The Kier molecular flexibility index (Phi) is 13.0. The second kappa shape index (κ2) is 14.6. The van der Waals surface area contributed by atoms with Crippen LogP contribution in [0.4, 0.5) is 0 Å². The molecule has 170 valence electrons. The molecule has 0 spiro atoms. The number of amides is 1. The number of carbonyl (C=O) groups excluding carboxylic acids is 1. The molecule has 0 unspecified atom stereocenters. The molecule has 1 aromatic carbocycles.